The van der Waals surface area contributed by atoms with Gasteiger partial charge in [-0.2, -0.15) is 5.26 Å². The van der Waals surface area contributed by atoms with Gasteiger partial charge in [0.05, 0.1) is 16.6 Å². The number of carbonyl (C=O) groups is 1. The fourth-order valence-corrected chi connectivity index (χ4v) is 3.23. The maximum Gasteiger partial charge on any atom is 0.341 e. The number of fused-ring (bicyclic) bond motifs is 1. The van der Waals surface area contributed by atoms with Crippen molar-refractivity contribution in [2.45, 2.75) is 13.5 Å². The van der Waals surface area contributed by atoms with Gasteiger partial charge in [-0.1, -0.05) is 0 Å². The van der Waals surface area contributed by atoms with E-state index in [0.29, 0.717) is 32.7 Å². The average molecular weight is 344 g/mol. The number of hydrogen-bond acceptors (Lipinski definition) is 5. The van der Waals surface area contributed by atoms with Crippen LogP contribution in [0.15, 0.2) is 17.1 Å². The number of nitriles is 1. The van der Waals surface area contributed by atoms with Crippen molar-refractivity contribution in [1.82, 2.24) is 9.88 Å². The topological polar surface area (TPSA) is 98.4 Å². The van der Waals surface area contributed by atoms with Gasteiger partial charge in [-0.15, -0.1) is 0 Å². The highest BCUT2D eigenvalue weighted by molar-refractivity contribution is 5.96. The molecule has 2 N–H and O–H groups in total. The number of carboxylic acid groups (broad SMARTS) is 1. The summed E-state index contributed by atoms with van der Waals surface area (Å²) >= 11 is 0. The monoisotopic (exact) mass is 344 g/mol. The van der Waals surface area contributed by atoms with Gasteiger partial charge >= 0.3 is 5.97 Å². The second kappa shape index (κ2) is 6.53. The van der Waals surface area contributed by atoms with E-state index in [2.05, 4.69) is 5.32 Å². The Morgan fingerprint density at radius 2 is 2.12 bits per heavy atom. The zero-order valence-corrected chi connectivity index (χ0v) is 13.7. The molecule has 0 radical (unpaired) electrons. The first-order valence-corrected chi connectivity index (χ1v) is 7.98. The molecule has 1 aromatic carbocycles. The Hall–Kier alpha value is -2.92. The molecule has 3 rings (SSSR count). The van der Waals surface area contributed by atoms with Crippen LogP contribution in [0.25, 0.3) is 10.9 Å². The quantitative estimate of drug-likeness (QED) is 0.866. The number of rotatable bonds is 3. The summed E-state index contributed by atoms with van der Waals surface area (Å²) < 4.78 is 16.3. The summed E-state index contributed by atoms with van der Waals surface area (Å²) in [6.07, 6.45) is 1.22. The van der Waals surface area contributed by atoms with Crippen molar-refractivity contribution < 1.29 is 14.3 Å². The third kappa shape index (κ3) is 2.72. The second-order valence-corrected chi connectivity index (χ2v) is 5.79. The zero-order valence-electron chi connectivity index (χ0n) is 13.7. The molecule has 1 fully saturated rings. The van der Waals surface area contributed by atoms with Gasteiger partial charge < -0.3 is 19.9 Å². The molecule has 0 amide bonds. The SMILES string of the molecule is CCn1cc(C(=O)O)c(=O)c2cc(F)c(N3CCNCC3)c(C#N)c21. The maximum atomic E-state index is 14.8. The van der Waals surface area contributed by atoms with Crippen molar-refractivity contribution in [2.24, 2.45) is 0 Å². The maximum absolute atomic E-state index is 14.8. The molecule has 8 heteroatoms. The first-order valence-electron chi connectivity index (χ1n) is 7.98. The molecule has 130 valence electrons. The van der Waals surface area contributed by atoms with Crippen molar-refractivity contribution in [1.29, 1.82) is 5.26 Å². The summed E-state index contributed by atoms with van der Waals surface area (Å²) in [7, 11) is 0. The number of piperazine rings is 1. The van der Waals surface area contributed by atoms with Gasteiger partial charge in [0.1, 0.15) is 23.0 Å². The number of aromatic carboxylic acids is 1. The molecule has 0 unspecified atom stereocenters. The summed E-state index contributed by atoms with van der Waals surface area (Å²) in [4.78, 5) is 25.5. The van der Waals surface area contributed by atoms with Crippen LogP contribution in [0.3, 0.4) is 0 Å². The van der Waals surface area contributed by atoms with Crippen LogP contribution >= 0.6 is 0 Å². The smallest absolute Gasteiger partial charge is 0.341 e. The van der Waals surface area contributed by atoms with Crippen LogP contribution in [-0.2, 0) is 6.54 Å². The van der Waals surface area contributed by atoms with Crippen LogP contribution in [0.1, 0.15) is 22.8 Å². The van der Waals surface area contributed by atoms with Crippen molar-refractivity contribution in [3.8, 4) is 6.07 Å². The Bertz CT molecular complexity index is 955. The predicted octanol–water partition coefficient (Wildman–Crippen LogP) is 1.14. The number of anilines is 1. The van der Waals surface area contributed by atoms with Crippen molar-refractivity contribution >= 4 is 22.6 Å². The predicted molar refractivity (Wildman–Crippen MR) is 90.6 cm³/mol. The van der Waals surface area contributed by atoms with Crippen LogP contribution in [0.5, 0.6) is 0 Å². The highest BCUT2D eigenvalue weighted by Gasteiger charge is 2.25. The number of hydrogen-bond donors (Lipinski definition) is 2. The first-order chi connectivity index (χ1) is 12.0. The normalized spacial score (nSPS) is 14.5. The molecule has 2 aromatic rings. The molecule has 2 heterocycles. The van der Waals surface area contributed by atoms with E-state index in [0.717, 1.165) is 6.07 Å². The minimum atomic E-state index is -1.38. The number of nitrogens with zero attached hydrogens (tertiary/aromatic N) is 3. The minimum Gasteiger partial charge on any atom is -0.477 e. The molecule has 1 aromatic heterocycles. The molecule has 0 bridgehead atoms. The largest absolute Gasteiger partial charge is 0.477 e. The molecular weight excluding hydrogens is 327 g/mol. The number of carboxylic acids is 1. The summed E-state index contributed by atoms with van der Waals surface area (Å²) in [6, 6.07) is 3.07. The van der Waals surface area contributed by atoms with Crippen LogP contribution in [0.4, 0.5) is 10.1 Å². The molecule has 1 aliphatic heterocycles. The number of benzene rings is 1. The summed E-state index contributed by atoms with van der Waals surface area (Å²) in [5, 5.41) is 22.0. The Labute approximate surface area is 142 Å². The van der Waals surface area contributed by atoms with Gasteiger partial charge in [-0.3, -0.25) is 4.79 Å². The number of aromatic nitrogens is 1. The number of pyridine rings is 1. The lowest BCUT2D eigenvalue weighted by atomic mass is 10.0. The molecule has 0 aliphatic carbocycles. The third-order valence-corrected chi connectivity index (χ3v) is 4.40. The summed E-state index contributed by atoms with van der Waals surface area (Å²) in [5.41, 5.74) is -0.717. The van der Waals surface area contributed by atoms with Gasteiger partial charge in [0.2, 0.25) is 5.43 Å². The van der Waals surface area contributed by atoms with E-state index >= 15 is 0 Å². The van der Waals surface area contributed by atoms with Crippen molar-refractivity contribution in [2.75, 3.05) is 31.1 Å². The first kappa shape index (κ1) is 16.9. The molecule has 0 atom stereocenters. The Morgan fingerprint density at radius 1 is 1.44 bits per heavy atom. The van der Waals surface area contributed by atoms with Crippen molar-refractivity contribution in [3.63, 3.8) is 0 Å². The van der Waals surface area contributed by atoms with Crippen LogP contribution in [0, 0.1) is 17.1 Å². The van der Waals surface area contributed by atoms with Gasteiger partial charge in [-0.25, -0.2) is 9.18 Å². The van der Waals surface area contributed by atoms with Gasteiger partial charge in [0, 0.05) is 38.9 Å². The van der Waals surface area contributed by atoms with E-state index in [4.69, 9.17) is 0 Å². The fourth-order valence-electron chi connectivity index (χ4n) is 3.23. The minimum absolute atomic E-state index is 0.0628. The van der Waals surface area contributed by atoms with Gasteiger partial charge in [-0.05, 0) is 13.0 Å². The lowest BCUT2D eigenvalue weighted by molar-refractivity contribution is 0.0695. The van der Waals surface area contributed by atoms with Crippen LogP contribution in [-0.4, -0.2) is 41.8 Å². The van der Waals surface area contributed by atoms with Gasteiger partial charge in [0.25, 0.3) is 0 Å². The molecule has 0 spiro atoms. The molecule has 25 heavy (non-hydrogen) atoms. The molecule has 7 nitrogen and oxygen atoms in total. The lowest BCUT2D eigenvalue weighted by Gasteiger charge is -2.31. The zero-order chi connectivity index (χ0) is 18.1. The van der Waals surface area contributed by atoms with E-state index in [1.165, 1.54) is 10.8 Å². The van der Waals surface area contributed by atoms with E-state index in [9.17, 15) is 24.3 Å². The molecule has 1 aliphatic rings. The lowest BCUT2D eigenvalue weighted by Crippen LogP contribution is -2.44. The Kier molecular flexibility index (Phi) is 4.42. The fraction of sp³-hybridized carbons (Fsp3) is 0.353. The van der Waals surface area contributed by atoms with Crippen molar-refractivity contribution in [3.05, 3.63) is 39.4 Å². The van der Waals surface area contributed by atoms with E-state index in [-0.39, 0.29) is 22.2 Å². The summed E-state index contributed by atoms with van der Waals surface area (Å²) in [5.74, 6) is -2.06. The number of aryl methyl sites for hydroxylation is 1. The molecule has 0 saturated carbocycles. The van der Waals surface area contributed by atoms with Crippen LogP contribution < -0.4 is 15.6 Å². The van der Waals surface area contributed by atoms with E-state index in [1.807, 2.05) is 6.07 Å². The third-order valence-electron chi connectivity index (χ3n) is 4.40. The molecular formula is C17H17FN4O3. The Balaban J connectivity index is 2.41. The van der Waals surface area contributed by atoms with Gasteiger partial charge in [0.15, 0.2) is 0 Å². The number of halogens is 1. The molecule has 1 saturated heterocycles. The average Bonchev–Trinajstić information content (AvgIpc) is 2.61. The van der Waals surface area contributed by atoms with E-state index < -0.39 is 22.8 Å². The van der Waals surface area contributed by atoms with Crippen LogP contribution in [0.2, 0.25) is 0 Å². The van der Waals surface area contributed by atoms with E-state index in [1.54, 1.807) is 11.8 Å². The summed E-state index contributed by atoms with van der Waals surface area (Å²) in [6.45, 7) is 4.53. The number of nitrogens with one attached hydrogen (secondary N) is 1. The highest BCUT2D eigenvalue weighted by atomic mass is 19.1. The highest BCUT2D eigenvalue weighted by Crippen LogP contribution is 2.31. The second-order valence-electron chi connectivity index (χ2n) is 5.79. The Morgan fingerprint density at radius 3 is 2.68 bits per heavy atom. The standard InChI is InChI=1S/C17H17FN4O3/c1-2-21-9-12(17(24)25)16(23)10-7-13(18)15(11(8-19)14(10)21)22-5-3-20-4-6-22/h7,9,20H,2-6H2,1H3,(H,24,25).